The maximum absolute atomic E-state index is 13.2. The van der Waals surface area contributed by atoms with Gasteiger partial charge in [0.05, 0.1) is 12.7 Å². The smallest absolute Gasteiger partial charge is 0.253 e. The normalized spacial score (nSPS) is 10.6. The topological polar surface area (TPSA) is 54.1 Å². The average molecular weight is 298 g/mol. The average Bonchev–Trinajstić information content (AvgIpc) is 2.95. The number of para-hydroxylation sites is 1. The number of hydrogen-bond donors (Lipinski definition) is 2. The van der Waals surface area contributed by atoms with Crippen molar-refractivity contribution in [2.24, 2.45) is 0 Å². The van der Waals surface area contributed by atoms with E-state index in [0.717, 1.165) is 11.3 Å². The minimum Gasteiger partial charge on any atom is -0.496 e. The fourth-order valence-electron chi connectivity index (χ4n) is 2.41. The van der Waals surface area contributed by atoms with Crippen molar-refractivity contribution in [1.82, 2.24) is 10.3 Å². The molecule has 5 heteroatoms. The molecule has 0 fully saturated rings. The van der Waals surface area contributed by atoms with E-state index < -0.39 is 0 Å². The summed E-state index contributed by atoms with van der Waals surface area (Å²) < 4.78 is 18.4. The largest absolute Gasteiger partial charge is 0.496 e. The Bertz CT molecular complexity index is 826. The van der Waals surface area contributed by atoms with Crippen LogP contribution in [0.1, 0.15) is 15.9 Å². The second kappa shape index (κ2) is 5.89. The number of carbonyl (C=O) groups excluding carboxylic acids is 1. The molecule has 2 N–H and O–H groups in total. The number of nitrogens with one attached hydrogen (secondary N) is 2. The molecule has 3 aromatic rings. The number of fused-ring (bicyclic) bond motifs is 1. The Morgan fingerprint density at radius 3 is 2.91 bits per heavy atom. The molecule has 0 aliphatic heterocycles. The van der Waals surface area contributed by atoms with Crippen molar-refractivity contribution < 1.29 is 13.9 Å². The Morgan fingerprint density at radius 1 is 1.27 bits per heavy atom. The Balaban J connectivity index is 1.79. The van der Waals surface area contributed by atoms with Crippen LogP contribution in [0.2, 0.25) is 0 Å². The van der Waals surface area contributed by atoms with E-state index in [2.05, 4.69) is 10.3 Å². The number of aromatic amines is 1. The van der Waals surface area contributed by atoms with Crippen LogP contribution in [0.5, 0.6) is 5.75 Å². The fraction of sp³-hybridized carbons (Fsp3) is 0.118. The molecule has 1 aromatic heterocycles. The fourth-order valence-corrected chi connectivity index (χ4v) is 2.41. The van der Waals surface area contributed by atoms with Gasteiger partial charge in [-0.3, -0.25) is 4.79 Å². The Morgan fingerprint density at radius 2 is 2.09 bits per heavy atom. The first-order chi connectivity index (χ1) is 10.7. The van der Waals surface area contributed by atoms with E-state index >= 15 is 0 Å². The molecule has 0 radical (unpaired) electrons. The van der Waals surface area contributed by atoms with Gasteiger partial charge >= 0.3 is 0 Å². The van der Waals surface area contributed by atoms with Crippen molar-refractivity contribution in [3.05, 3.63) is 65.6 Å². The summed E-state index contributed by atoms with van der Waals surface area (Å²) in [6.07, 6.45) is 1.58. The summed E-state index contributed by atoms with van der Waals surface area (Å²) in [4.78, 5) is 15.2. The third-order valence-corrected chi connectivity index (χ3v) is 3.52. The van der Waals surface area contributed by atoms with Gasteiger partial charge in [-0.2, -0.15) is 0 Å². The van der Waals surface area contributed by atoms with Crippen molar-refractivity contribution in [2.45, 2.75) is 6.54 Å². The number of methoxy groups -OCH3 is 1. The van der Waals surface area contributed by atoms with Gasteiger partial charge in [0.25, 0.3) is 5.91 Å². The summed E-state index contributed by atoms with van der Waals surface area (Å²) in [5, 5.41) is 3.54. The monoisotopic (exact) mass is 298 g/mol. The van der Waals surface area contributed by atoms with Crippen LogP contribution in [0.4, 0.5) is 4.39 Å². The number of carbonyl (C=O) groups is 1. The quantitative estimate of drug-likeness (QED) is 0.777. The van der Waals surface area contributed by atoms with Crippen LogP contribution in [0.3, 0.4) is 0 Å². The number of halogens is 1. The van der Waals surface area contributed by atoms with Crippen LogP contribution in [-0.2, 0) is 6.54 Å². The van der Waals surface area contributed by atoms with Crippen molar-refractivity contribution in [1.29, 1.82) is 0 Å². The highest BCUT2D eigenvalue weighted by atomic mass is 19.1. The van der Waals surface area contributed by atoms with Crippen LogP contribution in [0.15, 0.2) is 48.7 Å². The van der Waals surface area contributed by atoms with Crippen molar-refractivity contribution >= 4 is 16.8 Å². The second-order valence-corrected chi connectivity index (χ2v) is 4.89. The molecule has 1 amide bonds. The van der Waals surface area contributed by atoms with E-state index in [0.29, 0.717) is 23.0 Å². The predicted molar refractivity (Wildman–Crippen MR) is 82.4 cm³/mol. The molecular formula is C17H15FN2O2. The number of amides is 1. The van der Waals surface area contributed by atoms with E-state index in [9.17, 15) is 9.18 Å². The lowest BCUT2D eigenvalue weighted by atomic mass is 10.1. The molecule has 0 aliphatic carbocycles. The highest BCUT2D eigenvalue weighted by Gasteiger charge is 2.13. The van der Waals surface area contributed by atoms with E-state index in [1.165, 1.54) is 12.1 Å². The summed E-state index contributed by atoms with van der Waals surface area (Å²) in [7, 11) is 1.59. The predicted octanol–water partition coefficient (Wildman–Crippen LogP) is 3.25. The molecule has 22 heavy (non-hydrogen) atoms. The molecule has 0 aliphatic rings. The zero-order valence-corrected chi connectivity index (χ0v) is 12.0. The number of hydrogen-bond acceptors (Lipinski definition) is 2. The zero-order chi connectivity index (χ0) is 15.5. The van der Waals surface area contributed by atoms with Gasteiger partial charge < -0.3 is 15.0 Å². The molecule has 0 saturated carbocycles. The van der Waals surface area contributed by atoms with Crippen LogP contribution >= 0.6 is 0 Å². The van der Waals surface area contributed by atoms with Crippen LogP contribution < -0.4 is 10.1 Å². The Hall–Kier alpha value is -2.82. The van der Waals surface area contributed by atoms with Crippen molar-refractivity contribution in [3.8, 4) is 5.75 Å². The highest BCUT2D eigenvalue weighted by molar-refractivity contribution is 6.06. The van der Waals surface area contributed by atoms with E-state index in [1.807, 2.05) is 24.3 Å². The number of aromatic nitrogens is 1. The lowest BCUT2D eigenvalue weighted by Gasteiger charge is -2.09. The van der Waals surface area contributed by atoms with Gasteiger partial charge in [-0.25, -0.2) is 4.39 Å². The molecule has 0 spiro atoms. The van der Waals surface area contributed by atoms with Crippen LogP contribution in [0, 0.1) is 5.82 Å². The summed E-state index contributed by atoms with van der Waals surface area (Å²) in [5.74, 6) is 0.169. The molecule has 1 heterocycles. The first-order valence-corrected chi connectivity index (χ1v) is 6.86. The Labute approximate surface area is 126 Å². The number of ether oxygens (including phenoxy) is 1. The summed E-state index contributed by atoms with van der Waals surface area (Å²) in [6, 6.07) is 11.8. The van der Waals surface area contributed by atoms with Gasteiger partial charge in [0.15, 0.2) is 0 Å². The van der Waals surface area contributed by atoms with Crippen molar-refractivity contribution in [3.63, 3.8) is 0 Å². The van der Waals surface area contributed by atoms with Gasteiger partial charge in [0.1, 0.15) is 11.6 Å². The highest BCUT2D eigenvalue weighted by Crippen LogP contribution is 2.20. The molecule has 4 nitrogen and oxygen atoms in total. The molecule has 112 valence electrons. The summed E-state index contributed by atoms with van der Waals surface area (Å²) >= 11 is 0. The number of rotatable bonds is 4. The lowest BCUT2D eigenvalue weighted by molar-refractivity contribution is 0.0952. The molecule has 0 atom stereocenters. The van der Waals surface area contributed by atoms with Crippen LogP contribution in [-0.4, -0.2) is 18.0 Å². The first-order valence-electron chi connectivity index (χ1n) is 6.86. The molecule has 0 bridgehead atoms. The van der Waals surface area contributed by atoms with Gasteiger partial charge in [-0.1, -0.05) is 18.2 Å². The molecule has 3 rings (SSSR count). The SMILES string of the molecule is COc1ccccc1CNC(=O)c1c[nH]c2cc(F)ccc12. The lowest BCUT2D eigenvalue weighted by Crippen LogP contribution is -2.22. The first kappa shape index (κ1) is 14.1. The van der Waals surface area contributed by atoms with Gasteiger partial charge in [0, 0.05) is 29.2 Å². The Kier molecular flexibility index (Phi) is 3.78. The molecule has 0 unspecified atom stereocenters. The summed E-state index contributed by atoms with van der Waals surface area (Å²) in [5.41, 5.74) is 1.98. The van der Waals surface area contributed by atoms with E-state index in [4.69, 9.17) is 4.74 Å². The van der Waals surface area contributed by atoms with E-state index in [1.54, 1.807) is 19.4 Å². The maximum Gasteiger partial charge on any atom is 0.253 e. The maximum atomic E-state index is 13.2. The van der Waals surface area contributed by atoms with E-state index in [-0.39, 0.29) is 11.7 Å². The molecule has 0 saturated heterocycles. The third kappa shape index (κ3) is 2.65. The van der Waals surface area contributed by atoms with Gasteiger partial charge in [0.2, 0.25) is 0 Å². The third-order valence-electron chi connectivity index (χ3n) is 3.52. The second-order valence-electron chi connectivity index (χ2n) is 4.89. The van der Waals surface area contributed by atoms with Crippen LogP contribution in [0.25, 0.3) is 10.9 Å². The number of H-pyrrole nitrogens is 1. The standard InChI is InChI=1S/C17H15FN2O2/c1-22-16-5-3-2-4-11(16)9-20-17(21)14-10-19-15-8-12(18)6-7-13(14)15/h2-8,10,19H,9H2,1H3,(H,20,21). The minimum absolute atomic E-state index is 0.219. The zero-order valence-electron chi connectivity index (χ0n) is 12.0. The molecule has 2 aromatic carbocycles. The summed E-state index contributed by atoms with van der Waals surface area (Å²) in [6.45, 7) is 0.358. The molecular weight excluding hydrogens is 283 g/mol. The van der Waals surface area contributed by atoms with Gasteiger partial charge in [-0.05, 0) is 24.3 Å². The van der Waals surface area contributed by atoms with Crippen molar-refractivity contribution in [2.75, 3.05) is 7.11 Å². The minimum atomic E-state index is -0.338. The van der Waals surface area contributed by atoms with Gasteiger partial charge in [-0.15, -0.1) is 0 Å². The number of benzene rings is 2.